The number of hydrogen-bond acceptors (Lipinski definition) is 5. The lowest BCUT2D eigenvalue weighted by Crippen LogP contribution is -2.30. The van der Waals surface area contributed by atoms with Gasteiger partial charge in [0.2, 0.25) is 0 Å². The third kappa shape index (κ3) is 4.96. The Hall–Kier alpha value is -1.36. The van der Waals surface area contributed by atoms with Crippen molar-refractivity contribution in [2.45, 2.75) is 33.1 Å². The van der Waals surface area contributed by atoms with Crippen LogP contribution in [0.4, 0.5) is 11.6 Å². The molecular formula is C15H29N5. The Labute approximate surface area is 123 Å². The molecule has 0 amide bonds. The first-order chi connectivity index (χ1) is 9.60. The van der Waals surface area contributed by atoms with Crippen LogP contribution in [0.15, 0.2) is 6.33 Å². The summed E-state index contributed by atoms with van der Waals surface area (Å²) in [6.45, 7) is 7.30. The first-order valence-electron chi connectivity index (χ1n) is 7.53. The summed E-state index contributed by atoms with van der Waals surface area (Å²) >= 11 is 0. The molecule has 1 aromatic rings. The fraction of sp³-hybridized carbons (Fsp3) is 0.733. The Morgan fingerprint density at radius 1 is 1.05 bits per heavy atom. The zero-order valence-corrected chi connectivity index (χ0v) is 13.6. The number of hydrogen-bond donors (Lipinski definition) is 1. The van der Waals surface area contributed by atoms with Crippen molar-refractivity contribution < 1.29 is 0 Å². The van der Waals surface area contributed by atoms with E-state index >= 15 is 0 Å². The summed E-state index contributed by atoms with van der Waals surface area (Å²) in [5.74, 6) is 2.05. The number of nitrogens with zero attached hydrogens (tertiary/aromatic N) is 4. The maximum Gasteiger partial charge on any atom is 0.137 e. The van der Waals surface area contributed by atoms with Crippen LogP contribution in [0.2, 0.25) is 0 Å². The lowest BCUT2D eigenvalue weighted by molar-refractivity contribution is 0.416. The quantitative estimate of drug-likeness (QED) is 0.751. The van der Waals surface area contributed by atoms with Gasteiger partial charge in [-0.1, -0.05) is 20.3 Å². The molecule has 1 aromatic heterocycles. The molecule has 0 aliphatic carbocycles. The van der Waals surface area contributed by atoms with Gasteiger partial charge in [-0.15, -0.1) is 0 Å². The van der Waals surface area contributed by atoms with Crippen molar-refractivity contribution in [1.29, 1.82) is 0 Å². The van der Waals surface area contributed by atoms with Crippen molar-refractivity contribution in [2.24, 2.45) is 0 Å². The summed E-state index contributed by atoms with van der Waals surface area (Å²) in [5.41, 5.74) is 1.24. The highest BCUT2D eigenvalue weighted by atomic mass is 15.2. The van der Waals surface area contributed by atoms with E-state index in [0.717, 1.165) is 50.5 Å². The molecule has 0 bridgehead atoms. The molecule has 1 N–H and O–H groups in total. The second kappa shape index (κ2) is 8.74. The van der Waals surface area contributed by atoms with Crippen molar-refractivity contribution in [2.75, 3.05) is 51.0 Å². The molecule has 1 rings (SSSR count). The first-order valence-corrected chi connectivity index (χ1v) is 7.53. The molecule has 5 heteroatoms. The molecule has 0 fully saturated rings. The van der Waals surface area contributed by atoms with Crippen molar-refractivity contribution in [3.05, 3.63) is 11.9 Å². The van der Waals surface area contributed by atoms with Gasteiger partial charge in [0.05, 0.1) is 0 Å². The Morgan fingerprint density at radius 3 is 2.40 bits per heavy atom. The first kappa shape index (κ1) is 16.7. The van der Waals surface area contributed by atoms with Crippen molar-refractivity contribution in [3.8, 4) is 0 Å². The van der Waals surface area contributed by atoms with Gasteiger partial charge in [0.1, 0.15) is 18.0 Å². The Bertz CT molecular complexity index is 392. The molecule has 0 radical (unpaired) electrons. The number of anilines is 2. The maximum atomic E-state index is 4.50. The number of rotatable bonds is 9. The fourth-order valence-corrected chi connectivity index (χ4v) is 2.06. The average molecular weight is 279 g/mol. The molecule has 20 heavy (non-hydrogen) atoms. The summed E-state index contributed by atoms with van der Waals surface area (Å²) in [6.07, 6.45) is 4.87. The van der Waals surface area contributed by atoms with E-state index in [1.807, 2.05) is 0 Å². The van der Waals surface area contributed by atoms with Crippen LogP contribution in [0.3, 0.4) is 0 Å². The minimum atomic E-state index is 0.953. The molecular weight excluding hydrogens is 250 g/mol. The monoisotopic (exact) mass is 279 g/mol. The van der Waals surface area contributed by atoms with Gasteiger partial charge in [-0.05, 0) is 26.9 Å². The molecule has 0 saturated heterocycles. The van der Waals surface area contributed by atoms with Gasteiger partial charge in [-0.25, -0.2) is 9.97 Å². The van der Waals surface area contributed by atoms with E-state index in [1.54, 1.807) is 6.33 Å². The zero-order valence-electron chi connectivity index (χ0n) is 13.6. The van der Waals surface area contributed by atoms with Gasteiger partial charge >= 0.3 is 0 Å². The van der Waals surface area contributed by atoms with Crippen LogP contribution in [0.5, 0.6) is 0 Å². The second-order valence-electron chi connectivity index (χ2n) is 5.43. The normalized spacial score (nSPS) is 10.9. The van der Waals surface area contributed by atoms with Crippen molar-refractivity contribution >= 4 is 11.6 Å². The van der Waals surface area contributed by atoms with E-state index in [9.17, 15) is 0 Å². The van der Waals surface area contributed by atoms with E-state index in [-0.39, 0.29) is 0 Å². The topological polar surface area (TPSA) is 44.3 Å². The number of likely N-dealkylation sites (N-methyl/N-ethyl adjacent to an activating group) is 2. The molecule has 0 aliphatic rings. The third-order valence-corrected chi connectivity index (χ3v) is 3.21. The Morgan fingerprint density at radius 2 is 1.80 bits per heavy atom. The van der Waals surface area contributed by atoms with E-state index < -0.39 is 0 Å². The van der Waals surface area contributed by atoms with Crippen molar-refractivity contribution in [3.63, 3.8) is 0 Å². The molecule has 0 atom stereocenters. The van der Waals surface area contributed by atoms with Gasteiger partial charge in [0, 0.05) is 32.2 Å². The highest BCUT2D eigenvalue weighted by Crippen LogP contribution is 2.24. The van der Waals surface area contributed by atoms with Crippen LogP contribution in [-0.4, -0.2) is 55.6 Å². The van der Waals surface area contributed by atoms with E-state index in [2.05, 4.69) is 60.1 Å². The van der Waals surface area contributed by atoms with Gasteiger partial charge < -0.3 is 15.1 Å². The molecule has 0 aliphatic heterocycles. The summed E-state index contributed by atoms with van der Waals surface area (Å²) in [4.78, 5) is 13.3. The highest BCUT2D eigenvalue weighted by molar-refractivity contribution is 5.58. The zero-order chi connectivity index (χ0) is 15.0. The summed E-state index contributed by atoms with van der Waals surface area (Å²) < 4.78 is 0. The van der Waals surface area contributed by atoms with Gasteiger partial charge in [-0.2, -0.15) is 0 Å². The minimum Gasteiger partial charge on any atom is -0.370 e. The van der Waals surface area contributed by atoms with Gasteiger partial charge in [-0.3, -0.25) is 0 Å². The number of nitrogens with one attached hydrogen (secondary N) is 1. The molecule has 114 valence electrons. The summed E-state index contributed by atoms with van der Waals surface area (Å²) in [5, 5.41) is 3.42. The van der Waals surface area contributed by atoms with E-state index in [1.165, 1.54) is 5.56 Å². The molecule has 0 aromatic carbocycles. The standard InChI is InChI=1S/C15H29N5/c1-6-8-13-14(16-9-7-2)17-12-18-15(13)20(5)11-10-19(3)4/h12H,6-11H2,1-5H3,(H,16,17,18). The van der Waals surface area contributed by atoms with Gasteiger partial charge in [0.25, 0.3) is 0 Å². The molecule has 0 saturated carbocycles. The third-order valence-electron chi connectivity index (χ3n) is 3.21. The van der Waals surface area contributed by atoms with Crippen LogP contribution < -0.4 is 10.2 Å². The molecule has 5 nitrogen and oxygen atoms in total. The van der Waals surface area contributed by atoms with Crippen molar-refractivity contribution in [1.82, 2.24) is 14.9 Å². The second-order valence-corrected chi connectivity index (χ2v) is 5.43. The lowest BCUT2D eigenvalue weighted by atomic mass is 10.1. The largest absolute Gasteiger partial charge is 0.370 e. The van der Waals surface area contributed by atoms with Gasteiger partial charge in [0.15, 0.2) is 0 Å². The molecule has 0 spiro atoms. The SMILES string of the molecule is CCCNc1ncnc(N(C)CCN(C)C)c1CCC. The summed E-state index contributed by atoms with van der Waals surface area (Å²) in [7, 11) is 6.29. The molecule has 1 heterocycles. The maximum absolute atomic E-state index is 4.50. The smallest absolute Gasteiger partial charge is 0.137 e. The molecule has 0 unspecified atom stereocenters. The number of aromatic nitrogens is 2. The minimum absolute atomic E-state index is 0.953. The average Bonchev–Trinajstić information content (AvgIpc) is 2.43. The predicted molar refractivity (Wildman–Crippen MR) is 86.6 cm³/mol. The fourth-order valence-electron chi connectivity index (χ4n) is 2.06. The van der Waals surface area contributed by atoms with E-state index in [0.29, 0.717) is 0 Å². The Kier molecular flexibility index (Phi) is 7.30. The van der Waals surface area contributed by atoms with Crippen LogP contribution in [0.1, 0.15) is 32.3 Å². The predicted octanol–water partition coefficient (Wildman–Crippen LogP) is 2.25. The van der Waals surface area contributed by atoms with Crippen LogP contribution >= 0.6 is 0 Å². The van der Waals surface area contributed by atoms with Crippen LogP contribution in [-0.2, 0) is 6.42 Å². The van der Waals surface area contributed by atoms with Crippen LogP contribution in [0, 0.1) is 0 Å². The lowest BCUT2D eigenvalue weighted by Gasteiger charge is -2.24. The van der Waals surface area contributed by atoms with Crippen LogP contribution in [0.25, 0.3) is 0 Å². The van der Waals surface area contributed by atoms with E-state index in [4.69, 9.17) is 0 Å². The highest BCUT2D eigenvalue weighted by Gasteiger charge is 2.14. The Balaban J connectivity index is 2.92. The summed E-state index contributed by atoms with van der Waals surface area (Å²) in [6, 6.07) is 0.